The first-order chi connectivity index (χ1) is 15.4. The summed E-state index contributed by atoms with van der Waals surface area (Å²) in [7, 11) is 1.53. The maximum absolute atomic E-state index is 13.5. The van der Waals surface area contributed by atoms with Gasteiger partial charge >= 0.3 is 5.69 Å². The molecule has 0 saturated heterocycles. The first-order valence-electron chi connectivity index (χ1n) is 11.2. The minimum absolute atomic E-state index is 0.000649. The molecule has 3 N–H and O–H groups in total. The second-order valence-electron chi connectivity index (χ2n) is 8.18. The molecule has 32 heavy (non-hydrogen) atoms. The van der Waals surface area contributed by atoms with E-state index in [0.717, 1.165) is 31.4 Å². The first-order valence-corrected chi connectivity index (χ1v) is 11.2. The molecule has 1 aliphatic heterocycles. The molecule has 174 valence electrons. The van der Waals surface area contributed by atoms with Crippen LogP contribution in [0.25, 0.3) is 0 Å². The van der Waals surface area contributed by atoms with Crippen molar-refractivity contribution in [3.8, 4) is 0 Å². The molecule has 2 aromatic rings. The number of nitrogens with zero attached hydrogens (tertiary/aromatic N) is 3. The van der Waals surface area contributed by atoms with E-state index in [-0.39, 0.29) is 43.2 Å². The molecule has 1 amide bonds. The van der Waals surface area contributed by atoms with Crippen LogP contribution < -0.4 is 26.8 Å². The summed E-state index contributed by atoms with van der Waals surface area (Å²) in [5.41, 5.74) is 7.26. The van der Waals surface area contributed by atoms with Crippen LogP contribution in [-0.4, -0.2) is 48.3 Å². The number of H-pyrrole nitrogens is 1. The zero-order valence-electron chi connectivity index (χ0n) is 19.1. The lowest BCUT2D eigenvalue weighted by Crippen LogP contribution is -2.49. The van der Waals surface area contributed by atoms with Crippen molar-refractivity contribution in [1.82, 2.24) is 9.55 Å². The topological polar surface area (TPSA) is 114 Å². The van der Waals surface area contributed by atoms with Gasteiger partial charge in [-0.1, -0.05) is 31.5 Å². The average Bonchev–Trinajstić information content (AvgIpc) is 2.77. The number of carbonyl (C=O) groups is 1. The maximum atomic E-state index is 13.5. The average molecular weight is 444 g/mol. The number of benzene rings is 1. The quantitative estimate of drug-likeness (QED) is 0.610. The second-order valence-corrected chi connectivity index (χ2v) is 8.18. The molecule has 1 aromatic carbocycles. The van der Waals surface area contributed by atoms with Gasteiger partial charge in [-0.2, -0.15) is 0 Å². The Morgan fingerprint density at radius 1 is 1.31 bits per heavy atom. The third kappa shape index (κ3) is 4.88. The number of anilines is 3. The number of hydrogen-bond donors (Lipinski definition) is 2. The number of nitrogens with two attached hydrogens (primary N) is 1. The Morgan fingerprint density at radius 2 is 2.06 bits per heavy atom. The Bertz CT molecular complexity index is 1060. The van der Waals surface area contributed by atoms with E-state index >= 15 is 0 Å². The molecule has 0 bridgehead atoms. The smallest absolute Gasteiger partial charge is 0.330 e. The Hall–Kier alpha value is -3.07. The molecule has 0 aliphatic carbocycles. The fourth-order valence-corrected chi connectivity index (χ4v) is 4.15. The van der Waals surface area contributed by atoms with Gasteiger partial charge in [0.25, 0.3) is 5.56 Å². The third-order valence-corrected chi connectivity index (χ3v) is 6.01. The molecule has 1 unspecified atom stereocenters. The zero-order valence-corrected chi connectivity index (χ0v) is 19.1. The van der Waals surface area contributed by atoms with Gasteiger partial charge in [-0.15, -0.1) is 0 Å². The Balaban J connectivity index is 1.98. The van der Waals surface area contributed by atoms with Crippen molar-refractivity contribution >= 4 is 23.1 Å². The van der Waals surface area contributed by atoms with Crippen LogP contribution >= 0.6 is 0 Å². The van der Waals surface area contributed by atoms with E-state index in [1.165, 1.54) is 22.1 Å². The van der Waals surface area contributed by atoms with Gasteiger partial charge in [-0.25, -0.2) is 4.79 Å². The molecule has 1 aromatic heterocycles. The number of nitrogens with one attached hydrogen (secondary N) is 1. The minimum atomic E-state index is -0.670. The summed E-state index contributed by atoms with van der Waals surface area (Å²) in [4.78, 5) is 44.3. The third-order valence-electron chi connectivity index (χ3n) is 6.01. The number of aryl methyl sites for hydroxylation is 1. The van der Waals surface area contributed by atoms with Crippen molar-refractivity contribution in [2.24, 2.45) is 0 Å². The summed E-state index contributed by atoms with van der Waals surface area (Å²) in [5.74, 6) is -0.271. The van der Waals surface area contributed by atoms with E-state index in [9.17, 15) is 14.4 Å². The van der Waals surface area contributed by atoms with Crippen LogP contribution in [0, 0.1) is 0 Å². The van der Waals surface area contributed by atoms with Crippen molar-refractivity contribution < 1.29 is 9.53 Å². The van der Waals surface area contributed by atoms with Gasteiger partial charge < -0.3 is 20.3 Å². The predicted octanol–water partition coefficient (Wildman–Crippen LogP) is 1.74. The normalized spacial score (nSPS) is 15.5. The molecule has 0 radical (unpaired) electrons. The number of methoxy groups -OCH3 is 1. The fraction of sp³-hybridized carbons (Fsp3) is 0.522. The molecule has 1 atom stereocenters. The highest BCUT2D eigenvalue weighted by atomic mass is 16.5. The number of unbranched alkanes of at least 4 members (excludes halogenated alkanes) is 1. The minimum Gasteiger partial charge on any atom is -0.383 e. The van der Waals surface area contributed by atoms with Crippen LogP contribution in [0.2, 0.25) is 0 Å². The molecule has 2 heterocycles. The van der Waals surface area contributed by atoms with Crippen LogP contribution in [-0.2, 0) is 22.5 Å². The second kappa shape index (κ2) is 10.5. The molecule has 9 nitrogen and oxygen atoms in total. The number of ether oxygens (including phenoxy) is 1. The highest BCUT2D eigenvalue weighted by Gasteiger charge is 2.29. The molecular formula is C23H33N5O4. The van der Waals surface area contributed by atoms with E-state index in [0.29, 0.717) is 6.54 Å². The van der Waals surface area contributed by atoms with Gasteiger partial charge in [0.2, 0.25) is 5.91 Å². The van der Waals surface area contributed by atoms with Crippen LogP contribution in [0.15, 0.2) is 33.9 Å². The van der Waals surface area contributed by atoms with Gasteiger partial charge in [-0.05, 0) is 37.8 Å². The highest BCUT2D eigenvalue weighted by molar-refractivity contribution is 5.98. The lowest BCUT2D eigenvalue weighted by Gasteiger charge is -2.38. The standard InChI is InChI=1S/C23H33N5O4/c1-4-5-12-27-21(24)20(22(30)25-23(27)31)26(13-14-32-3)19(29)15-28-16(2)10-11-17-8-6-7-9-18(17)28/h6-9,16H,4-5,10-15,24H2,1-3H3,(H,25,30,31). The maximum Gasteiger partial charge on any atom is 0.330 e. The predicted molar refractivity (Wildman–Crippen MR) is 126 cm³/mol. The first kappa shape index (κ1) is 23.6. The number of aromatic nitrogens is 2. The van der Waals surface area contributed by atoms with Crippen molar-refractivity contribution in [2.75, 3.05) is 42.3 Å². The Morgan fingerprint density at radius 3 is 2.78 bits per heavy atom. The van der Waals surface area contributed by atoms with E-state index in [1.807, 2.05) is 25.1 Å². The number of para-hydroxylation sites is 1. The molecule has 0 spiro atoms. The summed E-state index contributed by atoms with van der Waals surface area (Å²) in [6, 6.07) is 8.23. The van der Waals surface area contributed by atoms with E-state index in [4.69, 9.17) is 10.5 Å². The summed E-state index contributed by atoms with van der Waals surface area (Å²) in [6.45, 7) is 4.93. The molecule has 0 fully saturated rings. The summed E-state index contributed by atoms with van der Waals surface area (Å²) >= 11 is 0. The number of amides is 1. The SMILES string of the molecule is CCCCn1c(N)c(N(CCOC)C(=O)CN2c3ccccc3CCC2C)c(=O)[nH]c1=O. The van der Waals surface area contributed by atoms with Crippen LogP contribution in [0.3, 0.4) is 0 Å². The number of carbonyl (C=O) groups excluding carboxylic acids is 1. The van der Waals surface area contributed by atoms with Crippen molar-refractivity contribution in [1.29, 1.82) is 0 Å². The fourth-order valence-electron chi connectivity index (χ4n) is 4.15. The Labute approximate surface area is 187 Å². The van der Waals surface area contributed by atoms with Crippen molar-refractivity contribution in [3.05, 3.63) is 50.7 Å². The molecule has 3 rings (SSSR count). The van der Waals surface area contributed by atoms with E-state index < -0.39 is 11.2 Å². The number of aromatic amines is 1. The molecule has 1 aliphatic rings. The summed E-state index contributed by atoms with van der Waals surface area (Å²) < 4.78 is 6.51. The van der Waals surface area contributed by atoms with Crippen LogP contribution in [0.4, 0.5) is 17.2 Å². The van der Waals surface area contributed by atoms with E-state index in [2.05, 4.69) is 22.9 Å². The van der Waals surface area contributed by atoms with Crippen LogP contribution in [0.5, 0.6) is 0 Å². The zero-order chi connectivity index (χ0) is 23.3. The van der Waals surface area contributed by atoms with Gasteiger partial charge in [0.05, 0.1) is 13.2 Å². The van der Waals surface area contributed by atoms with Gasteiger partial charge in [0.15, 0.2) is 5.69 Å². The highest BCUT2D eigenvalue weighted by Crippen LogP contribution is 2.30. The summed E-state index contributed by atoms with van der Waals surface area (Å²) in [5, 5.41) is 0. The lowest BCUT2D eigenvalue weighted by atomic mass is 9.96. The summed E-state index contributed by atoms with van der Waals surface area (Å²) in [6.07, 6.45) is 3.49. The number of nitrogen functional groups attached to an aromatic ring is 1. The lowest BCUT2D eigenvalue weighted by molar-refractivity contribution is -0.117. The van der Waals surface area contributed by atoms with Crippen molar-refractivity contribution in [3.63, 3.8) is 0 Å². The molecule has 9 heteroatoms. The number of hydrogen-bond acceptors (Lipinski definition) is 6. The van der Waals surface area contributed by atoms with Gasteiger partial charge in [0.1, 0.15) is 5.82 Å². The van der Waals surface area contributed by atoms with Gasteiger partial charge in [-0.3, -0.25) is 19.1 Å². The van der Waals surface area contributed by atoms with Crippen molar-refractivity contribution in [2.45, 2.75) is 52.1 Å². The van der Waals surface area contributed by atoms with Crippen LogP contribution in [0.1, 0.15) is 38.7 Å². The van der Waals surface area contributed by atoms with E-state index in [1.54, 1.807) is 0 Å². The Kier molecular flexibility index (Phi) is 7.74. The number of rotatable bonds is 9. The monoisotopic (exact) mass is 443 g/mol. The van der Waals surface area contributed by atoms with Gasteiger partial charge in [0, 0.05) is 31.9 Å². The largest absolute Gasteiger partial charge is 0.383 e. The molecule has 0 saturated carbocycles. The number of fused-ring (bicyclic) bond motifs is 1. The molecular weight excluding hydrogens is 410 g/mol.